The number of nitrogens with two attached hydrogens (primary N) is 1. The van der Waals surface area contributed by atoms with E-state index in [4.69, 9.17) is 10.5 Å². The molecule has 0 aliphatic carbocycles. The van der Waals surface area contributed by atoms with Crippen molar-refractivity contribution in [2.75, 3.05) is 5.75 Å². The lowest BCUT2D eigenvalue weighted by Crippen LogP contribution is -2.29. The van der Waals surface area contributed by atoms with Crippen LogP contribution in [0.3, 0.4) is 0 Å². The summed E-state index contributed by atoms with van der Waals surface area (Å²) >= 11 is 0. The minimum absolute atomic E-state index is 0.00140. The Balaban J connectivity index is 2.84. The first-order chi connectivity index (χ1) is 9.52. The van der Waals surface area contributed by atoms with Crippen LogP contribution >= 0.6 is 0 Å². The number of sulfone groups is 1. The molecule has 0 radical (unpaired) electrons. The first-order valence-electron chi connectivity index (χ1n) is 6.42. The van der Waals surface area contributed by atoms with Gasteiger partial charge in [0.05, 0.1) is 5.75 Å². The first-order valence-corrected chi connectivity index (χ1v) is 8.24. The van der Waals surface area contributed by atoms with Crippen molar-refractivity contribution in [2.24, 2.45) is 5.73 Å². The Morgan fingerprint density at radius 2 is 1.95 bits per heavy atom. The Labute approximate surface area is 124 Å². The first kappa shape index (κ1) is 17.6. The van der Waals surface area contributed by atoms with E-state index in [2.05, 4.69) is 0 Å². The molecule has 118 valence electrons. The third kappa shape index (κ3) is 6.22. The number of carbonyl (C=O) groups excluding carboxylic acids is 1. The van der Waals surface area contributed by atoms with Gasteiger partial charge in [-0.25, -0.2) is 12.8 Å². The highest BCUT2D eigenvalue weighted by Gasteiger charge is 2.24. The maximum Gasteiger partial charge on any atom is 0.321 e. The maximum absolute atomic E-state index is 13.6. The van der Waals surface area contributed by atoms with Crippen molar-refractivity contribution in [2.45, 2.75) is 38.7 Å². The number of hydrogen-bond donors (Lipinski definition) is 1. The Bertz CT molecular complexity index is 620. The third-order valence-corrected chi connectivity index (χ3v) is 3.91. The normalized spacial score (nSPS) is 12.2. The van der Waals surface area contributed by atoms with Gasteiger partial charge in [0.1, 0.15) is 17.2 Å². The average Bonchev–Trinajstić information content (AvgIpc) is 2.28. The Hall–Kier alpha value is -1.47. The molecule has 0 aliphatic heterocycles. The molecule has 1 aromatic carbocycles. The van der Waals surface area contributed by atoms with Gasteiger partial charge < -0.3 is 10.5 Å². The Kier molecular flexibility index (Phi) is 5.47. The van der Waals surface area contributed by atoms with E-state index in [1.165, 1.54) is 18.2 Å². The zero-order valence-electron chi connectivity index (χ0n) is 12.3. The lowest BCUT2D eigenvalue weighted by molar-refractivity contribution is -0.151. The molecule has 0 bridgehead atoms. The van der Waals surface area contributed by atoms with Gasteiger partial charge in [0.25, 0.3) is 0 Å². The molecule has 5 nitrogen and oxygen atoms in total. The van der Waals surface area contributed by atoms with Crippen LogP contribution in [0.1, 0.15) is 31.9 Å². The van der Waals surface area contributed by atoms with Crippen molar-refractivity contribution in [3.05, 3.63) is 35.1 Å². The van der Waals surface area contributed by atoms with E-state index in [1.54, 1.807) is 20.8 Å². The van der Waals surface area contributed by atoms with Gasteiger partial charge >= 0.3 is 5.97 Å². The SMILES string of the molecule is CC(C)(C)OC(=O)CS(=O)(=O)Cc1cc(CN)ccc1F. The second-order valence-corrected chi connectivity index (χ2v) is 7.81. The van der Waals surface area contributed by atoms with E-state index in [-0.39, 0.29) is 12.1 Å². The highest BCUT2D eigenvalue weighted by Crippen LogP contribution is 2.15. The molecule has 0 aromatic heterocycles. The number of ether oxygens (including phenoxy) is 1. The standard InChI is InChI=1S/C14H20FNO4S/c1-14(2,3)20-13(17)9-21(18,19)8-11-6-10(7-16)4-5-12(11)15/h4-6H,7-9,16H2,1-3H3. The van der Waals surface area contributed by atoms with Gasteiger partial charge in [0.2, 0.25) is 0 Å². The second-order valence-electron chi connectivity index (χ2n) is 5.75. The quantitative estimate of drug-likeness (QED) is 0.833. The summed E-state index contributed by atoms with van der Waals surface area (Å²) in [6, 6.07) is 4.04. The number of carbonyl (C=O) groups is 1. The van der Waals surface area contributed by atoms with E-state index in [1.807, 2.05) is 0 Å². The largest absolute Gasteiger partial charge is 0.459 e. The maximum atomic E-state index is 13.6. The van der Waals surface area contributed by atoms with E-state index in [0.29, 0.717) is 5.56 Å². The number of esters is 1. The van der Waals surface area contributed by atoms with Crippen molar-refractivity contribution >= 4 is 15.8 Å². The molecule has 0 atom stereocenters. The molecule has 21 heavy (non-hydrogen) atoms. The molecule has 0 fully saturated rings. The highest BCUT2D eigenvalue weighted by molar-refractivity contribution is 7.91. The number of rotatable bonds is 5. The molecule has 0 aliphatic rings. The monoisotopic (exact) mass is 317 g/mol. The molecule has 0 spiro atoms. The van der Waals surface area contributed by atoms with E-state index in [0.717, 1.165) is 0 Å². The second kappa shape index (κ2) is 6.53. The Morgan fingerprint density at radius 3 is 2.48 bits per heavy atom. The molecule has 0 heterocycles. The van der Waals surface area contributed by atoms with Gasteiger partial charge in [-0.15, -0.1) is 0 Å². The lowest BCUT2D eigenvalue weighted by atomic mass is 10.1. The number of hydrogen-bond acceptors (Lipinski definition) is 5. The van der Waals surface area contributed by atoms with Crippen LogP contribution in [0.5, 0.6) is 0 Å². The zero-order valence-corrected chi connectivity index (χ0v) is 13.2. The average molecular weight is 317 g/mol. The Morgan fingerprint density at radius 1 is 1.33 bits per heavy atom. The topological polar surface area (TPSA) is 86.5 Å². The van der Waals surface area contributed by atoms with Gasteiger partial charge in [-0.05, 0) is 32.4 Å². The molecule has 0 unspecified atom stereocenters. The lowest BCUT2D eigenvalue weighted by Gasteiger charge is -2.19. The van der Waals surface area contributed by atoms with Gasteiger partial charge in [-0.3, -0.25) is 4.79 Å². The molecular formula is C14H20FNO4S. The molecular weight excluding hydrogens is 297 g/mol. The predicted molar refractivity (Wildman–Crippen MR) is 77.6 cm³/mol. The van der Waals surface area contributed by atoms with Crippen LogP contribution in [0.15, 0.2) is 18.2 Å². The van der Waals surface area contributed by atoms with Crippen molar-refractivity contribution in [3.8, 4) is 0 Å². The fraction of sp³-hybridized carbons (Fsp3) is 0.500. The summed E-state index contributed by atoms with van der Waals surface area (Å²) in [5, 5.41) is 0. The summed E-state index contributed by atoms with van der Waals surface area (Å²) in [5.41, 5.74) is 5.30. The van der Waals surface area contributed by atoms with E-state index >= 15 is 0 Å². The fourth-order valence-corrected chi connectivity index (χ4v) is 2.92. The number of benzene rings is 1. The fourth-order valence-electron chi connectivity index (χ4n) is 1.70. The molecule has 2 N–H and O–H groups in total. The summed E-state index contributed by atoms with van der Waals surface area (Å²) in [4.78, 5) is 11.6. The summed E-state index contributed by atoms with van der Waals surface area (Å²) in [7, 11) is -3.81. The van der Waals surface area contributed by atoms with Crippen LogP contribution in [0.4, 0.5) is 4.39 Å². The zero-order chi connectivity index (χ0) is 16.3. The van der Waals surface area contributed by atoms with Crippen LogP contribution in [-0.2, 0) is 31.7 Å². The van der Waals surface area contributed by atoms with Gasteiger partial charge in [0.15, 0.2) is 9.84 Å². The summed E-state index contributed by atoms with van der Waals surface area (Å²) in [6.45, 7) is 5.10. The molecule has 0 saturated heterocycles. The van der Waals surface area contributed by atoms with E-state index in [9.17, 15) is 17.6 Å². The van der Waals surface area contributed by atoms with Crippen molar-refractivity contribution in [1.29, 1.82) is 0 Å². The van der Waals surface area contributed by atoms with Crippen molar-refractivity contribution in [1.82, 2.24) is 0 Å². The molecule has 0 saturated carbocycles. The summed E-state index contributed by atoms with van der Waals surface area (Å²) in [5.74, 6) is -2.83. The minimum Gasteiger partial charge on any atom is -0.459 e. The van der Waals surface area contributed by atoms with Gasteiger partial charge in [0, 0.05) is 12.1 Å². The molecule has 1 rings (SSSR count). The minimum atomic E-state index is -3.81. The molecule has 1 aromatic rings. The summed E-state index contributed by atoms with van der Waals surface area (Å²) < 4.78 is 42.5. The summed E-state index contributed by atoms with van der Waals surface area (Å²) in [6.07, 6.45) is 0. The molecule has 0 amide bonds. The van der Waals surface area contributed by atoms with Gasteiger partial charge in [-0.2, -0.15) is 0 Å². The molecule has 7 heteroatoms. The van der Waals surface area contributed by atoms with Crippen molar-refractivity contribution in [3.63, 3.8) is 0 Å². The van der Waals surface area contributed by atoms with Crippen LogP contribution in [-0.4, -0.2) is 25.7 Å². The smallest absolute Gasteiger partial charge is 0.321 e. The van der Waals surface area contributed by atoms with E-state index < -0.39 is 38.7 Å². The van der Waals surface area contributed by atoms with Gasteiger partial charge in [-0.1, -0.05) is 12.1 Å². The van der Waals surface area contributed by atoms with Crippen LogP contribution in [0, 0.1) is 5.82 Å². The third-order valence-electron chi connectivity index (χ3n) is 2.48. The predicted octanol–water partition coefficient (Wildman–Crippen LogP) is 1.54. The van der Waals surface area contributed by atoms with Crippen molar-refractivity contribution < 1.29 is 22.3 Å². The van der Waals surface area contributed by atoms with Crippen LogP contribution < -0.4 is 5.73 Å². The highest BCUT2D eigenvalue weighted by atomic mass is 32.2. The number of halogens is 1. The van der Waals surface area contributed by atoms with Crippen LogP contribution in [0.2, 0.25) is 0 Å². The van der Waals surface area contributed by atoms with Crippen LogP contribution in [0.25, 0.3) is 0 Å².